The Labute approximate surface area is 167 Å². The van der Waals surface area contributed by atoms with Gasteiger partial charge in [-0.15, -0.1) is 11.3 Å². The molecule has 0 aliphatic rings. The summed E-state index contributed by atoms with van der Waals surface area (Å²) < 4.78 is 42.0. The molecule has 0 aliphatic heterocycles. The predicted molar refractivity (Wildman–Crippen MR) is 108 cm³/mol. The fourth-order valence-electron chi connectivity index (χ4n) is 2.94. The van der Waals surface area contributed by atoms with Gasteiger partial charge in [-0.2, -0.15) is 4.72 Å². The van der Waals surface area contributed by atoms with E-state index in [0.717, 1.165) is 4.88 Å². The molecule has 2 aromatic heterocycles. The predicted octanol–water partition coefficient (Wildman–Crippen LogP) is 2.48. The minimum atomic E-state index is -4.04. The first-order valence-electron chi connectivity index (χ1n) is 8.41. The number of nitrogens with one attached hydrogen (secondary N) is 3. The lowest BCUT2D eigenvalue weighted by Gasteiger charge is -2.18. The molecule has 10 heteroatoms. The zero-order chi connectivity index (χ0) is 20.6. The van der Waals surface area contributed by atoms with E-state index in [9.17, 15) is 22.4 Å². The monoisotopic (exact) mass is 431 g/mol. The topological polar surface area (TPSA) is 112 Å². The largest absolute Gasteiger partial charge is 0.326 e. The Morgan fingerprint density at radius 3 is 2.45 bits per heavy atom. The van der Waals surface area contributed by atoms with E-state index in [4.69, 9.17) is 0 Å². The van der Waals surface area contributed by atoms with E-state index >= 15 is 0 Å². The second-order valence-electron chi connectivity index (χ2n) is 6.24. The average molecular weight is 431 g/mol. The first kappa shape index (κ1) is 19.2. The summed E-state index contributed by atoms with van der Waals surface area (Å²) in [4.78, 5) is 28.5. The fourth-order valence-corrected chi connectivity index (χ4v) is 5.04. The molecule has 1 atom stereocenters. The SMILES string of the molecule is O=c1[nH]c(=O)c2cc(S(=O)(=O)NC(c3ccc(F)cc3)c3cccs3)ccc2[nH]1. The Hall–Kier alpha value is -3.08. The van der Waals surface area contributed by atoms with Gasteiger partial charge in [0.2, 0.25) is 10.0 Å². The van der Waals surface area contributed by atoms with Gasteiger partial charge in [0, 0.05) is 4.88 Å². The number of benzene rings is 2. The summed E-state index contributed by atoms with van der Waals surface area (Å²) in [5.74, 6) is -0.427. The molecular weight excluding hydrogens is 417 g/mol. The number of hydrogen-bond acceptors (Lipinski definition) is 5. The molecule has 4 rings (SSSR count). The van der Waals surface area contributed by atoms with Crippen molar-refractivity contribution in [3.05, 3.63) is 97.1 Å². The second-order valence-corrected chi connectivity index (χ2v) is 8.93. The van der Waals surface area contributed by atoms with Crippen LogP contribution in [-0.4, -0.2) is 18.4 Å². The van der Waals surface area contributed by atoms with Gasteiger partial charge in [-0.1, -0.05) is 18.2 Å². The number of H-pyrrole nitrogens is 2. The van der Waals surface area contributed by atoms with Gasteiger partial charge in [0.25, 0.3) is 5.56 Å². The maximum absolute atomic E-state index is 13.3. The lowest BCUT2D eigenvalue weighted by Crippen LogP contribution is -2.29. The molecule has 29 heavy (non-hydrogen) atoms. The molecular formula is C19H14FN3O4S2. The van der Waals surface area contributed by atoms with Gasteiger partial charge in [0.1, 0.15) is 5.82 Å². The van der Waals surface area contributed by atoms with Crippen LogP contribution in [0.15, 0.2) is 74.5 Å². The molecule has 0 bridgehead atoms. The summed E-state index contributed by atoms with van der Waals surface area (Å²) in [7, 11) is -4.04. The summed E-state index contributed by atoms with van der Waals surface area (Å²) in [5, 5.41) is 1.86. The molecule has 1 unspecified atom stereocenters. The van der Waals surface area contributed by atoms with E-state index < -0.39 is 33.1 Å². The van der Waals surface area contributed by atoms with Gasteiger partial charge in [-0.05, 0) is 47.3 Å². The molecule has 0 saturated heterocycles. The van der Waals surface area contributed by atoms with Crippen molar-refractivity contribution in [2.24, 2.45) is 0 Å². The third-order valence-electron chi connectivity index (χ3n) is 4.33. The Balaban J connectivity index is 1.77. The number of fused-ring (bicyclic) bond motifs is 1. The molecule has 3 N–H and O–H groups in total. The van der Waals surface area contributed by atoms with Crippen molar-refractivity contribution in [3.63, 3.8) is 0 Å². The van der Waals surface area contributed by atoms with Crippen LogP contribution in [0, 0.1) is 5.82 Å². The summed E-state index contributed by atoms with van der Waals surface area (Å²) in [5.41, 5.74) is -0.564. The molecule has 0 aliphatic carbocycles. The molecule has 0 radical (unpaired) electrons. The average Bonchev–Trinajstić information content (AvgIpc) is 3.21. The van der Waals surface area contributed by atoms with E-state index in [1.807, 2.05) is 5.38 Å². The Kier molecular flexibility index (Phi) is 4.91. The number of aromatic nitrogens is 2. The van der Waals surface area contributed by atoms with Gasteiger partial charge in [0.15, 0.2) is 0 Å². The van der Waals surface area contributed by atoms with Crippen LogP contribution in [0.25, 0.3) is 10.9 Å². The van der Waals surface area contributed by atoms with E-state index in [2.05, 4.69) is 14.7 Å². The number of rotatable bonds is 5. The van der Waals surface area contributed by atoms with E-state index in [-0.39, 0.29) is 15.8 Å². The van der Waals surface area contributed by atoms with Crippen LogP contribution in [0.3, 0.4) is 0 Å². The maximum Gasteiger partial charge on any atom is 0.326 e. The minimum Gasteiger partial charge on any atom is -0.307 e. The number of hydrogen-bond donors (Lipinski definition) is 3. The Bertz CT molecular complexity index is 1390. The lowest BCUT2D eigenvalue weighted by molar-refractivity contribution is 0.573. The van der Waals surface area contributed by atoms with Crippen LogP contribution in [-0.2, 0) is 10.0 Å². The van der Waals surface area contributed by atoms with Crippen LogP contribution >= 0.6 is 11.3 Å². The van der Waals surface area contributed by atoms with Crippen LogP contribution in [0.2, 0.25) is 0 Å². The first-order valence-corrected chi connectivity index (χ1v) is 10.8. The molecule has 0 amide bonds. The molecule has 0 spiro atoms. The summed E-state index contributed by atoms with van der Waals surface area (Å²) in [6.45, 7) is 0. The lowest BCUT2D eigenvalue weighted by atomic mass is 10.1. The number of thiophene rings is 1. The summed E-state index contributed by atoms with van der Waals surface area (Å²) in [6, 6.07) is 12.2. The van der Waals surface area contributed by atoms with Gasteiger partial charge in [-0.25, -0.2) is 17.6 Å². The molecule has 4 aromatic rings. The number of aromatic amines is 2. The zero-order valence-electron chi connectivity index (χ0n) is 14.7. The molecule has 148 valence electrons. The van der Waals surface area contributed by atoms with Crippen LogP contribution in [0.4, 0.5) is 4.39 Å². The van der Waals surface area contributed by atoms with Crippen molar-refractivity contribution in [2.45, 2.75) is 10.9 Å². The zero-order valence-corrected chi connectivity index (χ0v) is 16.3. The normalized spacial score (nSPS) is 12.9. The second kappa shape index (κ2) is 7.39. The quantitative estimate of drug-likeness (QED) is 0.451. The van der Waals surface area contributed by atoms with Crippen LogP contribution in [0.5, 0.6) is 0 Å². The van der Waals surface area contributed by atoms with Crippen molar-refractivity contribution < 1.29 is 12.8 Å². The van der Waals surface area contributed by atoms with Crippen LogP contribution < -0.4 is 16.0 Å². The molecule has 0 fully saturated rings. The van der Waals surface area contributed by atoms with Crippen molar-refractivity contribution in [2.75, 3.05) is 0 Å². The molecule has 0 saturated carbocycles. The molecule has 7 nitrogen and oxygen atoms in total. The highest BCUT2D eigenvalue weighted by Crippen LogP contribution is 2.28. The van der Waals surface area contributed by atoms with Gasteiger partial charge in [0.05, 0.1) is 21.8 Å². The van der Waals surface area contributed by atoms with E-state index in [1.54, 1.807) is 12.1 Å². The van der Waals surface area contributed by atoms with Gasteiger partial charge < -0.3 is 4.98 Å². The molecule has 2 aromatic carbocycles. The van der Waals surface area contributed by atoms with Crippen molar-refractivity contribution in [3.8, 4) is 0 Å². The first-order chi connectivity index (χ1) is 13.8. The Morgan fingerprint density at radius 1 is 1.00 bits per heavy atom. The number of halogens is 1. The fraction of sp³-hybridized carbons (Fsp3) is 0.0526. The highest BCUT2D eigenvalue weighted by molar-refractivity contribution is 7.89. The van der Waals surface area contributed by atoms with E-state index in [1.165, 1.54) is 53.8 Å². The summed E-state index contributed by atoms with van der Waals surface area (Å²) >= 11 is 1.36. The van der Waals surface area contributed by atoms with Crippen molar-refractivity contribution in [1.29, 1.82) is 0 Å². The smallest absolute Gasteiger partial charge is 0.307 e. The van der Waals surface area contributed by atoms with Crippen molar-refractivity contribution in [1.82, 2.24) is 14.7 Å². The van der Waals surface area contributed by atoms with E-state index in [0.29, 0.717) is 5.56 Å². The molecule has 2 heterocycles. The highest BCUT2D eigenvalue weighted by atomic mass is 32.2. The van der Waals surface area contributed by atoms with Crippen LogP contribution in [0.1, 0.15) is 16.5 Å². The highest BCUT2D eigenvalue weighted by Gasteiger charge is 2.24. The Morgan fingerprint density at radius 2 is 1.76 bits per heavy atom. The van der Waals surface area contributed by atoms with Gasteiger partial charge >= 0.3 is 5.69 Å². The third kappa shape index (κ3) is 3.90. The summed E-state index contributed by atoms with van der Waals surface area (Å²) in [6.07, 6.45) is 0. The minimum absolute atomic E-state index is 0.0435. The third-order valence-corrected chi connectivity index (χ3v) is 6.68. The van der Waals surface area contributed by atoms with Crippen molar-refractivity contribution >= 4 is 32.3 Å². The maximum atomic E-state index is 13.3. The number of sulfonamides is 1. The standard InChI is InChI=1S/C19H14FN3O4S2/c20-12-5-3-11(4-6-12)17(16-2-1-9-28-16)23-29(26,27)13-7-8-15-14(10-13)18(24)22-19(25)21-15/h1-10,17,23H,(H2,21,22,24,25). The van der Waals surface area contributed by atoms with Gasteiger partial charge in [-0.3, -0.25) is 9.78 Å².